The summed E-state index contributed by atoms with van der Waals surface area (Å²) in [4.78, 5) is 24.6. The Hall–Kier alpha value is -4.79. The molecule has 0 spiro atoms. The van der Waals surface area contributed by atoms with Crippen molar-refractivity contribution in [1.82, 2.24) is 14.9 Å². The molecule has 1 amide bonds. The average Bonchev–Trinajstić information content (AvgIpc) is 3.44. The Kier molecular flexibility index (Phi) is 9.05. The molecule has 1 atom stereocenters. The zero-order chi connectivity index (χ0) is 31.3. The van der Waals surface area contributed by atoms with Crippen LogP contribution in [-0.2, 0) is 11.4 Å². The third-order valence-electron chi connectivity index (χ3n) is 7.89. The number of aromatic nitrogens is 2. The van der Waals surface area contributed by atoms with Gasteiger partial charge in [0.2, 0.25) is 5.91 Å². The molecule has 6 rings (SSSR count). The van der Waals surface area contributed by atoms with E-state index >= 15 is 0 Å². The molecule has 1 aliphatic rings. The van der Waals surface area contributed by atoms with Crippen molar-refractivity contribution < 1.29 is 13.9 Å². The van der Waals surface area contributed by atoms with Crippen molar-refractivity contribution in [3.05, 3.63) is 119 Å². The first kappa shape index (κ1) is 30.2. The number of rotatable bonds is 9. The van der Waals surface area contributed by atoms with Crippen LogP contribution >= 0.6 is 11.6 Å². The summed E-state index contributed by atoms with van der Waals surface area (Å²) >= 11 is 6.60. The van der Waals surface area contributed by atoms with Gasteiger partial charge in [0.25, 0.3) is 0 Å². The fourth-order valence-electron chi connectivity index (χ4n) is 5.62. The fraction of sp³-hybridized carbons (Fsp3) is 0.194. The molecule has 1 fully saturated rings. The summed E-state index contributed by atoms with van der Waals surface area (Å²) in [5.74, 6) is 0.511. The second-order valence-electron chi connectivity index (χ2n) is 11.2. The number of nitrogens with one attached hydrogen (secondary N) is 2. The van der Waals surface area contributed by atoms with E-state index in [1.807, 2.05) is 49.4 Å². The SMILES string of the molecule is Cc1cccc(-c2c(NC(=O)/C=C/[C@H]3CCCN3C)ccc3ncnc(Nc4ccc(OCc5cccc(F)c5)c(Cl)c4)c23)c1. The topological polar surface area (TPSA) is 79.4 Å². The second-order valence-corrected chi connectivity index (χ2v) is 11.6. The van der Waals surface area contributed by atoms with Crippen LogP contribution in [0.15, 0.2) is 97.3 Å². The van der Waals surface area contributed by atoms with Crippen LogP contribution in [-0.4, -0.2) is 40.4 Å². The van der Waals surface area contributed by atoms with Crippen LogP contribution in [0.2, 0.25) is 5.02 Å². The molecule has 0 radical (unpaired) electrons. The largest absolute Gasteiger partial charge is 0.487 e. The highest BCUT2D eigenvalue weighted by atomic mass is 35.5. The number of benzene rings is 4. The lowest BCUT2D eigenvalue weighted by Gasteiger charge is -2.18. The Morgan fingerprint density at radius 3 is 2.73 bits per heavy atom. The summed E-state index contributed by atoms with van der Waals surface area (Å²) in [7, 11) is 2.08. The molecule has 0 bridgehead atoms. The normalized spacial score (nSPS) is 15.1. The highest BCUT2D eigenvalue weighted by molar-refractivity contribution is 6.32. The van der Waals surface area contributed by atoms with Gasteiger partial charge in [-0.15, -0.1) is 0 Å². The van der Waals surface area contributed by atoms with Gasteiger partial charge in [0.05, 0.1) is 15.9 Å². The van der Waals surface area contributed by atoms with E-state index in [0.717, 1.165) is 41.5 Å². The van der Waals surface area contributed by atoms with Crippen LogP contribution in [0, 0.1) is 12.7 Å². The third-order valence-corrected chi connectivity index (χ3v) is 8.19. The molecule has 1 saturated heterocycles. The number of likely N-dealkylation sites (N-methyl/N-ethyl adjacent to an activating group) is 1. The molecule has 2 heterocycles. The molecule has 7 nitrogen and oxygen atoms in total. The predicted molar refractivity (Wildman–Crippen MR) is 179 cm³/mol. The number of likely N-dealkylation sites (tertiary alicyclic amines) is 1. The summed E-state index contributed by atoms with van der Waals surface area (Å²) < 4.78 is 19.4. The maximum absolute atomic E-state index is 13.6. The van der Waals surface area contributed by atoms with Gasteiger partial charge in [-0.1, -0.05) is 59.6 Å². The molecule has 4 aromatic carbocycles. The van der Waals surface area contributed by atoms with Crippen LogP contribution in [0.5, 0.6) is 5.75 Å². The fourth-order valence-corrected chi connectivity index (χ4v) is 5.86. The molecule has 0 saturated carbocycles. The molecule has 1 aromatic heterocycles. The molecule has 228 valence electrons. The van der Waals surface area contributed by atoms with Crippen LogP contribution < -0.4 is 15.4 Å². The van der Waals surface area contributed by atoms with Crippen molar-refractivity contribution in [3.8, 4) is 16.9 Å². The lowest BCUT2D eigenvalue weighted by molar-refractivity contribution is -0.111. The zero-order valence-corrected chi connectivity index (χ0v) is 25.8. The Bertz CT molecular complexity index is 1900. The van der Waals surface area contributed by atoms with Gasteiger partial charge in [-0.3, -0.25) is 9.69 Å². The van der Waals surface area contributed by atoms with Gasteiger partial charge >= 0.3 is 0 Å². The van der Waals surface area contributed by atoms with Crippen molar-refractivity contribution in [2.75, 3.05) is 24.2 Å². The van der Waals surface area contributed by atoms with Gasteiger partial charge in [-0.05, 0) is 86.9 Å². The van der Waals surface area contributed by atoms with Crippen molar-refractivity contribution in [2.24, 2.45) is 0 Å². The minimum absolute atomic E-state index is 0.182. The Morgan fingerprint density at radius 2 is 1.96 bits per heavy atom. The molecule has 1 aliphatic heterocycles. The molecular formula is C36H33ClFN5O2. The number of carbonyl (C=O) groups excluding carboxylic acids is 1. The van der Waals surface area contributed by atoms with Crippen LogP contribution in [0.4, 0.5) is 21.6 Å². The number of anilines is 3. The summed E-state index contributed by atoms with van der Waals surface area (Å²) in [6.45, 7) is 3.25. The van der Waals surface area contributed by atoms with E-state index in [1.165, 1.54) is 18.5 Å². The monoisotopic (exact) mass is 621 g/mol. The first-order valence-electron chi connectivity index (χ1n) is 14.8. The number of hydrogen-bond donors (Lipinski definition) is 2. The molecular weight excluding hydrogens is 589 g/mol. The first-order valence-corrected chi connectivity index (χ1v) is 15.2. The zero-order valence-electron chi connectivity index (χ0n) is 25.1. The molecule has 0 unspecified atom stereocenters. The number of carbonyl (C=O) groups is 1. The van der Waals surface area contributed by atoms with Crippen molar-refractivity contribution in [3.63, 3.8) is 0 Å². The lowest BCUT2D eigenvalue weighted by atomic mass is 9.97. The van der Waals surface area contributed by atoms with Gasteiger partial charge in [-0.2, -0.15) is 0 Å². The second kappa shape index (κ2) is 13.5. The highest BCUT2D eigenvalue weighted by Gasteiger charge is 2.20. The van der Waals surface area contributed by atoms with Crippen molar-refractivity contribution in [2.45, 2.75) is 32.4 Å². The number of ether oxygens (including phenoxy) is 1. The number of halogens is 2. The summed E-state index contributed by atoms with van der Waals surface area (Å²) in [6.07, 6.45) is 7.27. The van der Waals surface area contributed by atoms with E-state index in [9.17, 15) is 9.18 Å². The molecule has 45 heavy (non-hydrogen) atoms. The smallest absolute Gasteiger partial charge is 0.248 e. The van der Waals surface area contributed by atoms with E-state index in [2.05, 4.69) is 38.6 Å². The van der Waals surface area contributed by atoms with Gasteiger partial charge in [0, 0.05) is 29.1 Å². The van der Waals surface area contributed by atoms with Gasteiger partial charge in [0.15, 0.2) is 0 Å². The summed E-state index contributed by atoms with van der Waals surface area (Å²) in [5, 5.41) is 7.65. The Balaban J connectivity index is 1.32. The van der Waals surface area contributed by atoms with Crippen molar-refractivity contribution in [1.29, 1.82) is 0 Å². The van der Waals surface area contributed by atoms with Crippen molar-refractivity contribution >= 4 is 45.6 Å². The third kappa shape index (κ3) is 7.14. The van der Waals surface area contributed by atoms with E-state index < -0.39 is 0 Å². The number of nitrogens with zero attached hydrogens (tertiary/aromatic N) is 3. The van der Waals surface area contributed by atoms with Crippen LogP contribution in [0.25, 0.3) is 22.0 Å². The van der Waals surface area contributed by atoms with Crippen LogP contribution in [0.3, 0.4) is 0 Å². The van der Waals surface area contributed by atoms with Gasteiger partial charge < -0.3 is 15.4 Å². The first-order chi connectivity index (χ1) is 21.8. The molecule has 2 N–H and O–H groups in total. The van der Waals surface area contributed by atoms with Crippen LogP contribution in [0.1, 0.15) is 24.0 Å². The van der Waals surface area contributed by atoms with Gasteiger partial charge in [-0.25, -0.2) is 14.4 Å². The maximum atomic E-state index is 13.6. The van der Waals surface area contributed by atoms with Gasteiger partial charge in [0.1, 0.15) is 30.3 Å². The summed E-state index contributed by atoms with van der Waals surface area (Å²) in [6, 6.07) is 23.7. The quantitative estimate of drug-likeness (QED) is 0.161. The minimum atomic E-state index is -0.319. The lowest BCUT2D eigenvalue weighted by Crippen LogP contribution is -2.23. The van der Waals surface area contributed by atoms with E-state index in [0.29, 0.717) is 39.0 Å². The number of aryl methyl sites for hydroxylation is 1. The Morgan fingerprint density at radius 1 is 1.09 bits per heavy atom. The van der Waals surface area contributed by atoms with E-state index in [-0.39, 0.29) is 24.4 Å². The maximum Gasteiger partial charge on any atom is 0.248 e. The predicted octanol–water partition coefficient (Wildman–Crippen LogP) is 8.31. The van der Waals surface area contributed by atoms with E-state index in [4.69, 9.17) is 16.3 Å². The number of amides is 1. The minimum Gasteiger partial charge on any atom is -0.487 e. The number of hydrogen-bond acceptors (Lipinski definition) is 6. The van der Waals surface area contributed by atoms with E-state index in [1.54, 1.807) is 30.3 Å². The molecule has 9 heteroatoms. The average molecular weight is 622 g/mol. The molecule has 0 aliphatic carbocycles. The highest BCUT2D eigenvalue weighted by Crippen LogP contribution is 2.40. The Labute approximate surface area is 266 Å². The standard InChI is InChI=1S/C36H33ClFN5O2/c1-23-6-3-8-25(18-23)34-31(42-33(44)16-12-28-10-5-17-43(28)2)14-13-30-35(34)36(40-22-39-30)41-27-11-15-32(29(37)20-27)45-21-24-7-4-9-26(38)19-24/h3-4,6-9,11-16,18-20,22,28H,5,10,17,21H2,1-2H3,(H,42,44)(H,39,40,41)/b16-12+/t28-/m1/s1. The number of fused-ring (bicyclic) bond motifs is 1. The molecule has 5 aromatic rings. The summed E-state index contributed by atoms with van der Waals surface area (Å²) in [5.41, 5.74) is 5.57.